The minimum atomic E-state index is -0.538. The van der Waals surface area contributed by atoms with E-state index in [0.717, 1.165) is 18.5 Å². The molecule has 1 heterocycles. The molecule has 18 heavy (non-hydrogen) atoms. The van der Waals surface area contributed by atoms with Gasteiger partial charge in [0.25, 0.3) is 0 Å². The molecule has 2 aliphatic carbocycles. The highest BCUT2D eigenvalue weighted by atomic mass is 16.3. The van der Waals surface area contributed by atoms with Gasteiger partial charge in [0.05, 0.1) is 11.3 Å². The predicted octanol–water partition coefficient (Wildman–Crippen LogP) is 2.22. The van der Waals surface area contributed by atoms with Gasteiger partial charge in [-0.3, -0.25) is 4.68 Å². The lowest BCUT2D eigenvalue weighted by molar-refractivity contribution is -0.0328. The number of aromatic nitrogens is 3. The van der Waals surface area contributed by atoms with Crippen LogP contribution < -0.4 is 0 Å². The largest absolute Gasteiger partial charge is 0.389 e. The van der Waals surface area contributed by atoms with Crippen LogP contribution in [-0.4, -0.2) is 25.7 Å². The smallest absolute Gasteiger partial charge is 0.0855 e. The van der Waals surface area contributed by atoms with Gasteiger partial charge in [-0.05, 0) is 43.9 Å². The lowest BCUT2D eigenvalue weighted by Crippen LogP contribution is -2.39. The fraction of sp³-hybridized carbons (Fsp3) is 0.857. The molecule has 100 valence electrons. The van der Waals surface area contributed by atoms with E-state index in [1.165, 1.54) is 38.5 Å². The summed E-state index contributed by atoms with van der Waals surface area (Å²) in [5, 5.41) is 18.7. The summed E-state index contributed by atoms with van der Waals surface area (Å²) >= 11 is 0. The molecule has 3 rings (SSSR count). The molecule has 2 saturated carbocycles. The van der Waals surface area contributed by atoms with Crippen LogP contribution in [0.25, 0.3) is 0 Å². The molecular formula is C14H23N3O. The number of hydrogen-bond donors (Lipinski definition) is 1. The second kappa shape index (κ2) is 4.34. The molecule has 1 aromatic heterocycles. The van der Waals surface area contributed by atoms with Gasteiger partial charge < -0.3 is 5.11 Å². The van der Waals surface area contributed by atoms with Gasteiger partial charge >= 0.3 is 0 Å². The van der Waals surface area contributed by atoms with Crippen molar-refractivity contribution in [2.24, 2.45) is 12.5 Å². The predicted molar refractivity (Wildman–Crippen MR) is 69.0 cm³/mol. The Morgan fingerprint density at radius 3 is 2.39 bits per heavy atom. The van der Waals surface area contributed by atoms with Gasteiger partial charge in [-0.25, -0.2) is 0 Å². The Morgan fingerprint density at radius 2 is 1.83 bits per heavy atom. The Kier molecular flexibility index (Phi) is 2.93. The van der Waals surface area contributed by atoms with Gasteiger partial charge in [-0.1, -0.05) is 18.1 Å². The Labute approximate surface area is 108 Å². The molecule has 0 aliphatic heterocycles. The maximum atomic E-state index is 10.7. The van der Waals surface area contributed by atoms with Crippen LogP contribution in [0.15, 0.2) is 6.20 Å². The molecular weight excluding hydrogens is 226 g/mol. The van der Waals surface area contributed by atoms with E-state index in [2.05, 4.69) is 10.3 Å². The van der Waals surface area contributed by atoms with E-state index in [-0.39, 0.29) is 0 Å². The summed E-state index contributed by atoms with van der Waals surface area (Å²) in [6.45, 7) is 0. The fourth-order valence-corrected chi connectivity index (χ4v) is 3.86. The Bertz CT molecular complexity index is 410. The SMILES string of the molecule is Cn1cc(CC2(O)CCC3(CCCC3)CC2)nn1. The average molecular weight is 249 g/mol. The van der Waals surface area contributed by atoms with E-state index in [4.69, 9.17) is 0 Å². The van der Waals surface area contributed by atoms with Crippen molar-refractivity contribution >= 4 is 0 Å². The van der Waals surface area contributed by atoms with Gasteiger partial charge in [-0.15, -0.1) is 5.10 Å². The second-order valence-corrected chi connectivity index (χ2v) is 6.49. The standard InChI is InChI=1S/C14H23N3O/c1-17-11-12(15-16-17)10-14(18)8-6-13(7-9-14)4-2-3-5-13/h11,18H,2-10H2,1H3. The van der Waals surface area contributed by atoms with Crippen LogP contribution in [0.4, 0.5) is 0 Å². The van der Waals surface area contributed by atoms with Crippen LogP contribution in [0.5, 0.6) is 0 Å². The van der Waals surface area contributed by atoms with Gasteiger partial charge in [0.1, 0.15) is 0 Å². The zero-order valence-corrected chi connectivity index (χ0v) is 11.2. The summed E-state index contributed by atoms with van der Waals surface area (Å²) in [4.78, 5) is 0. The zero-order valence-electron chi connectivity index (χ0n) is 11.2. The molecule has 1 spiro atoms. The maximum absolute atomic E-state index is 10.7. The summed E-state index contributed by atoms with van der Waals surface area (Å²) in [6, 6.07) is 0. The van der Waals surface area contributed by atoms with Gasteiger partial charge in [0.15, 0.2) is 0 Å². The first kappa shape index (κ1) is 12.2. The number of aliphatic hydroxyl groups is 1. The number of rotatable bonds is 2. The van der Waals surface area contributed by atoms with Gasteiger partial charge in [-0.2, -0.15) is 0 Å². The molecule has 0 unspecified atom stereocenters. The molecule has 0 radical (unpaired) electrons. The number of aryl methyl sites for hydroxylation is 1. The van der Waals surface area contributed by atoms with Crippen molar-refractivity contribution in [3.8, 4) is 0 Å². The minimum absolute atomic E-state index is 0.538. The molecule has 4 nitrogen and oxygen atoms in total. The third kappa shape index (κ3) is 2.30. The van der Waals surface area contributed by atoms with E-state index >= 15 is 0 Å². The lowest BCUT2D eigenvalue weighted by Gasteiger charge is -2.42. The van der Waals surface area contributed by atoms with Crippen LogP contribution in [-0.2, 0) is 13.5 Å². The van der Waals surface area contributed by atoms with Crippen molar-refractivity contribution in [3.63, 3.8) is 0 Å². The molecule has 4 heteroatoms. The summed E-state index contributed by atoms with van der Waals surface area (Å²) < 4.78 is 1.71. The van der Waals surface area contributed by atoms with Crippen molar-refractivity contribution in [2.45, 2.75) is 63.4 Å². The van der Waals surface area contributed by atoms with Crippen LogP contribution >= 0.6 is 0 Å². The third-order valence-electron chi connectivity index (χ3n) is 5.07. The lowest BCUT2D eigenvalue weighted by atomic mass is 9.67. The highest BCUT2D eigenvalue weighted by Gasteiger charge is 2.43. The second-order valence-electron chi connectivity index (χ2n) is 6.49. The monoisotopic (exact) mass is 249 g/mol. The van der Waals surface area contributed by atoms with Crippen LogP contribution in [0.3, 0.4) is 0 Å². The molecule has 2 fully saturated rings. The Morgan fingerprint density at radius 1 is 1.17 bits per heavy atom. The molecule has 2 aliphatic rings. The van der Waals surface area contributed by atoms with E-state index in [1.807, 2.05) is 13.2 Å². The molecule has 1 N–H and O–H groups in total. The van der Waals surface area contributed by atoms with Crippen molar-refractivity contribution in [3.05, 3.63) is 11.9 Å². The van der Waals surface area contributed by atoms with Gasteiger partial charge in [0, 0.05) is 19.7 Å². The van der Waals surface area contributed by atoms with E-state index in [1.54, 1.807) is 4.68 Å². The molecule has 0 aromatic carbocycles. The number of hydrogen-bond acceptors (Lipinski definition) is 3. The highest BCUT2D eigenvalue weighted by Crippen LogP contribution is 2.51. The minimum Gasteiger partial charge on any atom is -0.389 e. The van der Waals surface area contributed by atoms with Crippen molar-refractivity contribution in [1.82, 2.24) is 15.0 Å². The van der Waals surface area contributed by atoms with E-state index < -0.39 is 5.60 Å². The summed E-state index contributed by atoms with van der Waals surface area (Å²) in [7, 11) is 1.87. The van der Waals surface area contributed by atoms with Crippen molar-refractivity contribution in [2.75, 3.05) is 0 Å². The quantitative estimate of drug-likeness (QED) is 0.874. The van der Waals surface area contributed by atoms with Crippen LogP contribution in [0.1, 0.15) is 57.1 Å². The first-order chi connectivity index (χ1) is 8.59. The molecule has 0 saturated heterocycles. The van der Waals surface area contributed by atoms with Crippen molar-refractivity contribution < 1.29 is 5.11 Å². The van der Waals surface area contributed by atoms with E-state index in [9.17, 15) is 5.11 Å². The summed E-state index contributed by atoms with van der Waals surface area (Å²) in [5.74, 6) is 0. The topological polar surface area (TPSA) is 50.9 Å². The molecule has 0 atom stereocenters. The van der Waals surface area contributed by atoms with Gasteiger partial charge in [0.2, 0.25) is 0 Å². The number of nitrogens with zero attached hydrogens (tertiary/aromatic N) is 3. The average Bonchev–Trinajstić information content (AvgIpc) is 2.94. The maximum Gasteiger partial charge on any atom is 0.0855 e. The Balaban J connectivity index is 1.63. The Hall–Kier alpha value is -0.900. The molecule has 1 aromatic rings. The van der Waals surface area contributed by atoms with Crippen LogP contribution in [0, 0.1) is 5.41 Å². The molecule has 0 bridgehead atoms. The van der Waals surface area contributed by atoms with E-state index in [0.29, 0.717) is 11.8 Å². The zero-order chi connectivity index (χ0) is 12.6. The summed E-state index contributed by atoms with van der Waals surface area (Å²) in [5.41, 5.74) is 0.959. The summed E-state index contributed by atoms with van der Waals surface area (Å²) in [6.07, 6.45) is 12.4. The fourth-order valence-electron chi connectivity index (χ4n) is 3.86. The normalized spacial score (nSPS) is 25.7. The van der Waals surface area contributed by atoms with Crippen molar-refractivity contribution in [1.29, 1.82) is 0 Å². The highest BCUT2D eigenvalue weighted by molar-refractivity contribution is 5.03. The molecule has 0 amide bonds. The third-order valence-corrected chi connectivity index (χ3v) is 5.07. The first-order valence-electron chi connectivity index (χ1n) is 7.17. The first-order valence-corrected chi connectivity index (χ1v) is 7.17. The van der Waals surface area contributed by atoms with Crippen LogP contribution in [0.2, 0.25) is 0 Å².